The Morgan fingerprint density at radius 2 is 1.72 bits per heavy atom. The zero-order chi connectivity index (χ0) is 12.8. The number of rotatable bonds is 5. The van der Waals surface area contributed by atoms with Crippen molar-refractivity contribution in [2.45, 2.75) is 26.2 Å². The van der Waals surface area contributed by atoms with Gasteiger partial charge in [-0.1, -0.05) is 43.7 Å². The smallest absolute Gasteiger partial charge is 0.144 e. The van der Waals surface area contributed by atoms with Gasteiger partial charge in [-0.05, 0) is 42.1 Å². The van der Waals surface area contributed by atoms with Crippen molar-refractivity contribution in [3.8, 4) is 11.5 Å². The molecule has 0 aliphatic carbocycles. The number of unbranched alkanes of at least 4 members (excludes halogenated alkanes) is 1. The highest BCUT2D eigenvalue weighted by molar-refractivity contribution is 6.34. The predicted octanol–water partition coefficient (Wildman–Crippen LogP) is 3.08. The number of hydrogen-bond acceptors (Lipinski definition) is 1. The lowest BCUT2D eigenvalue weighted by molar-refractivity contribution is 0.486. The van der Waals surface area contributed by atoms with Gasteiger partial charge in [-0.3, -0.25) is 0 Å². The Balaban J connectivity index is 2.04. The third-order valence-electron chi connectivity index (χ3n) is 3.06. The van der Waals surface area contributed by atoms with Crippen LogP contribution in [0.5, 0.6) is 11.5 Å². The zero-order valence-corrected chi connectivity index (χ0v) is 11.1. The fourth-order valence-electron chi connectivity index (χ4n) is 1.90. The quantitative estimate of drug-likeness (QED) is 0.727. The van der Waals surface area contributed by atoms with Gasteiger partial charge in [-0.15, -0.1) is 0 Å². The second kappa shape index (κ2) is 6.30. The van der Waals surface area contributed by atoms with Crippen molar-refractivity contribution in [3.05, 3.63) is 54.1 Å². The molecule has 0 aliphatic heterocycles. The van der Waals surface area contributed by atoms with Gasteiger partial charge in [0.2, 0.25) is 0 Å². The highest BCUT2D eigenvalue weighted by atomic mass is 16.5. The molecule has 0 heterocycles. The molecule has 0 radical (unpaired) electrons. The lowest BCUT2D eigenvalue weighted by Crippen LogP contribution is -2.05. The summed E-state index contributed by atoms with van der Waals surface area (Å²) in [4.78, 5) is 0. The van der Waals surface area contributed by atoms with E-state index < -0.39 is 0 Å². The summed E-state index contributed by atoms with van der Waals surface area (Å²) in [5.41, 5.74) is 2.54. The van der Waals surface area contributed by atoms with Crippen LogP contribution in [0, 0.1) is 0 Å². The van der Waals surface area contributed by atoms with E-state index in [-0.39, 0.29) is 0 Å². The maximum absolute atomic E-state index is 5.87. The Morgan fingerprint density at radius 3 is 2.39 bits per heavy atom. The van der Waals surface area contributed by atoms with Gasteiger partial charge < -0.3 is 4.74 Å². The lowest BCUT2D eigenvalue weighted by Gasteiger charge is -2.09. The number of aryl methyl sites for hydroxylation is 1. The van der Waals surface area contributed by atoms with Crippen LogP contribution in [0.2, 0.25) is 0 Å². The van der Waals surface area contributed by atoms with Crippen LogP contribution in [0.15, 0.2) is 48.5 Å². The highest BCUT2D eigenvalue weighted by Crippen LogP contribution is 2.20. The van der Waals surface area contributed by atoms with Gasteiger partial charge in [0.15, 0.2) is 0 Å². The monoisotopic (exact) mass is 238 g/mol. The van der Waals surface area contributed by atoms with Crippen molar-refractivity contribution in [1.82, 2.24) is 0 Å². The maximum Gasteiger partial charge on any atom is 0.144 e. The first kappa shape index (κ1) is 12.8. The molecule has 0 aromatic heterocycles. The molecule has 0 unspecified atom stereocenters. The Morgan fingerprint density at radius 1 is 1.00 bits per heavy atom. The lowest BCUT2D eigenvalue weighted by atomic mass is 9.95. The van der Waals surface area contributed by atoms with Crippen molar-refractivity contribution >= 4 is 13.3 Å². The fraction of sp³-hybridized carbons (Fsp3) is 0.250. The van der Waals surface area contributed by atoms with Crippen molar-refractivity contribution in [2.24, 2.45) is 0 Å². The summed E-state index contributed by atoms with van der Waals surface area (Å²) in [7, 11) is 2.06. The van der Waals surface area contributed by atoms with Crippen LogP contribution >= 0.6 is 0 Å². The number of ether oxygens (including phenoxy) is 1. The topological polar surface area (TPSA) is 9.23 Å². The molecule has 0 atom stereocenters. The summed E-state index contributed by atoms with van der Waals surface area (Å²) >= 11 is 0. The van der Waals surface area contributed by atoms with E-state index in [9.17, 15) is 0 Å². The third-order valence-corrected chi connectivity index (χ3v) is 3.06. The Bertz CT molecular complexity index is 491. The zero-order valence-electron chi connectivity index (χ0n) is 11.1. The predicted molar refractivity (Wildman–Crippen MR) is 79.7 cm³/mol. The van der Waals surface area contributed by atoms with Gasteiger partial charge in [0, 0.05) is 0 Å². The van der Waals surface area contributed by atoms with E-state index in [1.54, 1.807) is 0 Å². The molecular formula is C16H19BO. The van der Waals surface area contributed by atoms with Crippen molar-refractivity contribution in [3.63, 3.8) is 0 Å². The molecule has 2 rings (SSSR count). The average Bonchev–Trinajstić information content (AvgIpc) is 2.41. The maximum atomic E-state index is 5.87. The van der Waals surface area contributed by atoms with E-state index in [1.165, 1.54) is 18.4 Å². The number of para-hydroxylation sites is 1. The minimum absolute atomic E-state index is 0.907. The van der Waals surface area contributed by atoms with E-state index in [4.69, 9.17) is 4.74 Å². The largest absolute Gasteiger partial charge is 0.458 e. The highest BCUT2D eigenvalue weighted by Gasteiger charge is 2.00. The van der Waals surface area contributed by atoms with Crippen molar-refractivity contribution < 1.29 is 4.74 Å². The molecule has 1 nitrogen and oxygen atoms in total. The Hall–Kier alpha value is -1.70. The summed E-state index contributed by atoms with van der Waals surface area (Å²) in [5, 5.41) is 0. The summed E-state index contributed by atoms with van der Waals surface area (Å²) in [6.45, 7) is 2.22. The van der Waals surface area contributed by atoms with Gasteiger partial charge in [0.1, 0.15) is 19.3 Å². The van der Waals surface area contributed by atoms with Crippen LogP contribution < -0.4 is 10.2 Å². The van der Waals surface area contributed by atoms with E-state index in [2.05, 4.69) is 45.1 Å². The molecule has 0 spiro atoms. The molecular weight excluding hydrogens is 219 g/mol. The summed E-state index contributed by atoms with van der Waals surface area (Å²) in [6.07, 6.45) is 3.64. The van der Waals surface area contributed by atoms with Gasteiger partial charge in [-0.25, -0.2) is 0 Å². The molecule has 2 aromatic carbocycles. The van der Waals surface area contributed by atoms with Crippen LogP contribution in [0.25, 0.3) is 0 Å². The van der Waals surface area contributed by atoms with Crippen molar-refractivity contribution in [2.75, 3.05) is 0 Å². The second-order valence-corrected chi connectivity index (χ2v) is 4.62. The Labute approximate surface area is 110 Å². The minimum atomic E-state index is 0.907. The van der Waals surface area contributed by atoms with Gasteiger partial charge in [-0.2, -0.15) is 0 Å². The van der Waals surface area contributed by atoms with E-state index in [1.807, 2.05) is 18.2 Å². The SMILES string of the molecule is Bc1ccccc1Oc1ccc(CCCC)cc1. The minimum Gasteiger partial charge on any atom is -0.458 e. The van der Waals surface area contributed by atoms with E-state index >= 15 is 0 Å². The molecule has 0 aliphatic rings. The Kier molecular flexibility index (Phi) is 4.46. The molecule has 0 N–H and O–H groups in total. The molecule has 18 heavy (non-hydrogen) atoms. The summed E-state index contributed by atoms with van der Waals surface area (Å²) < 4.78 is 5.87. The molecule has 2 aromatic rings. The molecule has 0 saturated heterocycles. The molecule has 92 valence electrons. The van der Waals surface area contributed by atoms with Crippen LogP contribution in [0.4, 0.5) is 0 Å². The van der Waals surface area contributed by atoms with E-state index in [0.29, 0.717) is 0 Å². The van der Waals surface area contributed by atoms with Crippen LogP contribution in [0.1, 0.15) is 25.3 Å². The first-order valence-electron chi connectivity index (χ1n) is 6.62. The third kappa shape index (κ3) is 3.40. The number of hydrogen-bond donors (Lipinski definition) is 0. The standard InChI is InChI=1S/C16H19BO/c1-2-3-6-13-9-11-14(12-10-13)18-16-8-5-4-7-15(16)17/h4-5,7-12H,2-3,6,17H2,1H3. The molecule has 0 amide bonds. The summed E-state index contributed by atoms with van der Waals surface area (Å²) in [6, 6.07) is 16.5. The molecule has 0 saturated carbocycles. The van der Waals surface area contributed by atoms with Gasteiger partial charge >= 0.3 is 0 Å². The molecule has 0 bridgehead atoms. The molecule has 0 fully saturated rings. The van der Waals surface area contributed by atoms with Crippen LogP contribution in [-0.4, -0.2) is 7.85 Å². The van der Waals surface area contributed by atoms with Crippen LogP contribution in [0.3, 0.4) is 0 Å². The van der Waals surface area contributed by atoms with Gasteiger partial charge in [0.05, 0.1) is 0 Å². The normalized spacial score (nSPS) is 10.3. The first-order valence-corrected chi connectivity index (χ1v) is 6.62. The fourth-order valence-corrected chi connectivity index (χ4v) is 1.90. The van der Waals surface area contributed by atoms with E-state index in [0.717, 1.165) is 23.4 Å². The summed E-state index contributed by atoms with van der Waals surface area (Å²) in [5.74, 6) is 1.84. The van der Waals surface area contributed by atoms with Gasteiger partial charge in [0.25, 0.3) is 0 Å². The average molecular weight is 238 g/mol. The molecule has 2 heteroatoms. The number of benzene rings is 2. The first-order chi connectivity index (χ1) is 8.79. The van der Waals surface area contributed by atoms with Crippen LogP contribution in [-0.2, 0) is 6.42 Å². The van der Waals surface area contributed by atoms with Crippen molar-refractivity contribution in [1.29, 1.82) is 0 Å². The second-order valence-electron chi connectivity index (χ2n) is 4.62.